The number of carbonyl (C=O) groups is 2. The van der Waals surface area contributed by atoms with Crippen molar-refractivity contribution in [1.29, 1.82) is 0 Å². The molecule has 0 unspecified atom stereocenters. The van der Waals surface area contributed by atoms with E-state index < -0.39 is 5.97 Å². The van der Waals surface area contributed by atoms with Gasteiger partial charge < -0.3 is 5.11 Å². The van der Waals surface area contributed by atoms with E-state index in [-0.39, 0.29) is 18.1 Å². The van der Waals surface area contributed by atoms with Gasteiger partial charge in [-0.3, -0.25) is 9.59 Å². The number of aryl methyl sites for hydroxylation is 1. The summed E-state index contributed by atoms with van der Waals surface area (Å²) in [7, 11) is 0. The Balaban J connectivity index is 2.68. The lowest BCUT2D eigenvalue weighted by Gasteiger charge is -2.05. The normalized spacial score (nSPS) is 10.4. The van der Waals surface area contributed by atoms with Crippen molar-refractivity contribution in [2.24, 2.45) is 5.92 Å². The largest absolute Gasteiger partial charge is 0.481 e. The van der Waals surface area contributed by atoms with Crippen LogP contribution in [0.4, 0.5) is 0 Å². The number of hydrogen-bond donors (Lipinski definition) is 1. The smallest absolute Gasteiger partial charge is 0.303 e. The van der Waals surface area contributed by atoms with E-state index in [9.17, 15) is 9.59 Å². The number of carboxylic acid groups (broad SMARTS) is 1. The first-order valence-corrected chi connectivity index (χ1v) is 5.35. The van der Waals surface area contributed by atoms with Gasteiger partial charge in [0.2, 0.25) is 0 Å². The molecular weight excluding hydrogens is 204 g/mol. The van der Waals surface area contributed by atoms with Gasteiger partial charge in [-0.2, -0.15) is 0 Å². The number of benzene rings is 1. The third-order valence-electron chi connectivity index (χ3n) is 2.39. The molecule has 0 atom stereocenters. The van der Waals surface area contributed by atoms with E-state index in [1.54, 1.807) is 12.1 Å². The third-order valence-corrected chi connectivity index (χ3v) is 2.39. The van der Waals surface area contributed by atoms with Crippen LogP contribution in [-0.4, -0.2) is 16.9 Å². The van der Waals surface area contributed by atoms with Crippen LogP contribution < -0.4 is 0 Å². The highest BCUT2D eigenvalue weighted by atomic mass is 16.4. The predicted molar refractivity (Wildman–Crippen MR) is 61.6 cm³/mol. The molecule has 1 aromatic carbocycles. The van der Waals surface area contributed by atoms with Gasteiger partial charge in [-0.1, -0.05) is 38.1 Å². The molecule has 0 amide bonds. The minimum absolute atomic E-state index is 0.00938. The molecule has 0 aromatic heterocycles. The predicted octanol–water partition coefficient (Wildman–Crippen LogP) is 2.54. The molecule has 86 valence electrons. The molecule has 3 nitrogen and oxygen atoms in total. The molecule has 0 spiro atoms. The molecule has 0 aliphatic heterocycles. The molecule has 0 aliphatic carbocycles. The molecule has 1 rings (SSSR count). The molecule has 0 fully saturated rings. The van der Waals surface area contributed by atoms with Gasteiger partial charge >= 0.3 is 5.97 Å². The second kappa shape index (κ2) is 5.45. The number of carboxylic acids is 1. The summed E-state index contributed by atoms with van der Waals surface area (Å²) in [6, 6.07) is 7.16. The van der Waals surface area contributed by atoms with Crippen LogP contribution in [0.1, 0.15) is 36.2 Å². The molecule has 1 N–H and O–H groups in total. The topological polar surface area (TPSA) is 54.4 Å². The second-order valence-corrected chi connectivity index (χ2v) is 4.11. The van der Waals surface area contributed by atoms with E-state index in [4.69, 9.17) is 5.11 Å². The number of aliphatic carboxylic acids is 1. The first-order chi connectivity index (χ1) is 7.50. The fraction of sp³-hybridized carbons (Fsp3) is 0.385. The summed E-state index contributed by atoms with van der Waals surface area (Å²) in [6.07, 6.45) is 0.628. The highest BCUT2D eigenvalue weighted by Gasteiger charge is 2.09. The summed E-state index contributed by atoms with van der Waals surface area (Å²) in [4.78, 5) is 22.0. The summed E-state index contributed by atoms with van der Waals surface area (Å²) in [6.45, 7) is 3.72. The molecule has 16 heavy (non-hydrogen) atoms. The summed E-state index contributed by atoms with van der Waals surface area (Å²) in [5.74, 6) is -0.697. The average Bonchev–Trinajstić information content (AvgIpc) is 2.26. The van der Waals surface area contributed by atoms with Crippen molar-refractivity contribution in [2.45, 2.75) is 26.7 Å². The van der Waals surface area contributed by atoms with Gasteiger partial charge in [-0.15, -0.1) is 0 Å². The molecule has 3 heteroatoms. The van der Waals surface area contributed by atoms with Gasteiger partial charge in [-0.05, 0) is 12.0 Å². The Kier molecular flexibility index (Phi) is 4.23. The molecule has 0 heterocycles. The maximum atomic E-state index is 11.6. The second-order valence-electron chi connectivity index (χ2n) is 4.11. The van der Waals surface area contributed by atoms with Gasteiger partial charge in [0, 0.05) is 17.9 Å². The number of hydrogen-bond acceptors (Lipinski definition) is 2. The van der Waals surface area contributed by atoms with Crippen LogP contribution in [0.15, 0.2) is 24.3 Å². The molecule has 0 radical (unpaired) electrons. The molecule has 0 aliphatic rings. The van der Waals surface area contributed by atoms with Crippen molar-refractivity contribution in [1.82, 2.24) is 0 Å². The van der Waals surface area contributed by atoms with Gasteiger partial charge in [0.1, 0.15) is 0 Å². The first kappa shape index (κ1) is 12.4. The van der Waals surface area contributed by atoms with Gasteiger partial charge in [0.05, 0.1) is 0 Å². The molecule has 0 saturated heterocycles. The number of rotatable bonds is 5. The number of carbonyl (C=O) groups excluding carboxylic acids is 1. The Morgan fingerprint density at radius 2 is 1.75 bits per heavy atom. The van der Waals surface area contributed by atoms with Crippen LogP contribution in [-0.2, 0) is 11.2 Å². The molecule has 1 aromatic rings. The summed E-state index contributed by atoms with van der Waals surface area (Å²) < 4.78 is 0. The van der Waals surface area contributed by atoms with Crippen molar-refractivity contribution in [3.05, 3.63) is 35.4 Å². The highest BCUT2D eigenvalue weighted by Crippen LogP contribution is 2.11. The Morgan fingerprint density at radius 3 is 2.19 bits per heavy atom. The van der Waals surface area contributed by atoms with Crippen LogP contribution in [0.25, 0.3) is 0 Å². The van der Waals surface area contributed by atoms with E-state index in [0.717, 1.165) is 5.56 Å². The van der Waals surface area contributed by atoms with Crippen molar-refractivity contribution in [3.63, 3.8) is 0 Å². The maximum absolute atomic E-state index is 11.6. The third kappa shape index (κ3) is 3.50. The monoisotopic (exact) mass is 220 g/mol. The first-order valence-electron chi connectivity index (χ1n) is 5.35. The SMILES string of the molecule is CC(C)C(=O)c1ccc(CCC(=O)O)cc1. The van der Waals surface area contributed by atoms with Crippen molar-refractivity contribution < 1.29 is 14.7 Å². The van der Waals surface area contributed by atoms with E-state index in [1.165, 1.54) is 0 Å². The lowest BCUT2D eigenvalue weighted by Crippen LogP contribution is -2.07. The highest BCUT2D eigenvalue weighted by molar-refractivity contribution is 5.97. The van der Waals surface area contributed by atoms with Crippen LogP contribution in [0.5, 0.6) is 0 Å². The van der Waals surface area contributed by atoms with E-state index >= 15 is 0 Å². The summed E-state index contributed by atoms with van der Waals surface area (Å²) >= 11 is 0. The van der Waals surface area contributed by atoms with E-state index in [0.29, 0.717) is 12.0 Å². The Hall–Kier alpha value is -1.64. The molecular formula is C13H16O3. The van der Waals surface area contributed by atoms with Gasteiger partial charge in [0.25, 0.3) is 0 Å². The quantitative estimate of drug-likeness (QED) is 0.776. The Bertz CT molecular complexity index is 377. The maximum Gasteiger partial charge on any atom is 0.303 e. The molecule has 0 bridgehead atoms. The number of Topliss-reactive ketones (excluding diaryl/α,β-unsaturated/α-hetero) is 1. The standard InChI is InChI=1S/C13H16O3/c1-9(2)13(16)11-6-3-10(4-7-11)5-8-12(14)15/h3-4,6-7,9H,5,8H2,1-2H3,(H,14,15). The van der Waals surface area contributed by atoms with E-state index in [1.807, 2.05) is 26.0 Å². The van der Waals surface area contributed by atoms with Crippen molar-refractivity contribution in [3.8, 4) is 0 Å². The minimum Gasteiger partial charge on any atom is -0.481 e. The zero-order valence-corrected chi connectivity index (χ0v) is 9.56. The summed E-state index contributed by atoms with van der Waals surface area (Å²) in [5, 5.41) is 8.54. The average molecular weight is 220 g/mol. The van der Waals surface area contributed by atoms with Crippen molar-refractivity contribution in [2.75, 3.05) is 0 Å². The zero-order chi connectivity index (χ0) is 12.1. The zero-order valence-electron chi connectivity index (χ0n) is 9.56. The molecule has 0 saturated carbocycles. The van der Waals surface area contributed by atoms with Gasteiger partial charge in [-0.25, -0.2) is 0 Å². The Labute approximate surface area is 95.1 Å². The minimum atomic E-state index is -0.803. The van der Waals surface area contributed by atoms with Crippen LogP contribution in [0, 0.1) is 5.92 Å². The lowest BCUT2D eigenvalue weighted by molar-refractivity contribution is -0.136. The van der Waals surface area contributed by atoms with Crippen molar-refractivity contribution >= 4 is 11.8 Å². The van der Waals surface area contributed by atoms with Crippen LogP contribution in [0.2, 0.25) is 0 Å². The van der Waals surface area contributed by atoms with Gasteiger partial charge in [0.15, 0.2) is 5.78 Å². The summed E-state index contributed by atoms with van der Waals surface area (Å²) in [5.41, 5.74) is 1.64. The van der Waals surface area contributed by atoms with Crippen LogP contribution in [0.3, 0.4) is 0 Å². The fourth-order valence-corrected chi connectivity index (χ4v) is 1.42. The van der Waals surface area contributed by atoms with E-state index in [2.05, 4.69) is 0 Å². The number of ketones is 1. The lowest BCUT2D eigenvalue weighted by atomic mass is 9.99. The van der Waals surface area contributed by atoms with Crippen LogP contribution >= 0.6 is 0 Å². The fourth-order valence-electron chi connectivity index (χ4n) is 1.42. The Morgan fingerprint density at radius 1 is 1.19 bits per heavy atom.